The van der Waals surface area contributed by atoms with Crippen molar-refractivity contribution < 1.29 is 0 Å². The van der Waals surface area contributed by atoms with Crippen LogP contribution >= 0.6 is 0 Å². The highest BCUT2D eigenvalue weighted by atomic mass is 15.0. The Bertz CT molecular complexity index is 1640. The van der Waals surface area contributed by atoms with Crippen LogP contribution in [0.5, 0.6) is 0 Å². The second-order valence-electron chi connectivity index (χ2n) is 9.84. The van der Waals surface area contributed by atoms with Gasteiger partial charge in [-0.3, -0.25) is 0 Å². The van der Waals surface area contributed by atoms with Gasteiger partial charge in [-0.05, 0) is 76.2 Å². The topological polar surface area (TPSA) is 52.7 Å². The minimum absolute atomic E-state index is 0.820. The molecule has 6 rings (SSSR count). The fourth-order valence-electron chi connectivity index (χ4n) is 5.58. The summed E-state index contributed by atoms with van der Waals surface area (Å²) in [4.78, 5) is 8.85. The third kappa shape index (κ3) is 4.21. The van der Waals surface area contributed by atoms with E-state index in [-0.39, 0.29) is 0 Å². The molecule has 5 aromatic rings. The molecule has 0 saturated carbocycles. The van der Waals surface area contributed by atoms with Crippen molar-refractivity contribution in [3.8, 4) is 11.1 Å². The van der Waals surface area contributed by atoms with Crippen molar-refractivity contribution in [1.29, 1.82) is 0 Å². The van der Waals surface area contributed by atoms with Crippen molar-refractivity contribution in [2.75, 3.05) is 18.4 Å². The maximum atomic E-state index is 5.18. The summed E-state index contributed by atoms with van der Waals surface area (Å²) in [6.45, 7) is 9.20. The number of imidazole rings is 1. The number of anilines is 1. The molecular weight excluding hydrogens is 452 g/mol. The van der Waals surface area contributed by atoms with Gasteiger partial charge in [0.2, 0.25) is 0 Å². The van der Waals surface area contributed by atoms with E-state index in [2.05, 4.69) is 109 Å². The lowest BCUT2D eigenvalue weighted by molar-refractivity contribution is 0.729. The smallest absolute Gasteiger partial charge is 0.139 e. The van der Waals surface area contributed by atoms with Crippen LogP contribution in [0.3, 0.4) is 0 Å². The summed E-state index contributed by atoms with van der Waals surface area (Å²) in [6, 6.07) is 26.7. The number of hydrogen-bond donors (Lipinski definition) is 3. The van der Waals surface area contributed by atoms with Crippen LogP contribution in [-0.4, -0.2) is 23.1 Å². The Morgan fingerprint density at radius 2 is 1.76 bits per heavy atom. The Morgan fingerprint density at radius 1 is 0.865 bits per heavy atom. The Labute approximate surface area is 218 Å². The molecule has 4 nitrogen and oxygen atoms in total. The van der Waals surface area contributed by atoms with Crippen LogP contribution in [0.4, 0.5) is 5.69 Å². The summed E-state index contributed by atoms with van der Waals surface area (Å²) >= 11 is 0. The van der Waals surface area contributed by atoms with Crippen LogP contribution < -0.4 is 10.6 Å². The first-order valence-corrected chi connectivity index (χ1v) is 13.5. The monoisotopic (exact) mass is 486 g/mol. The molecular formula is C33H34N4. The van der Waals surface area contributed by atoms with E-state index in [1.165, 1.54) is 55.4 Å². The van der Waals surface area contributed by atoms with Crippen molar-refractivity contribution in [3.63, 3.8) is 0 Å². The molecule has 4 heteroatoms. The zero-order valence-corrected chi connectivity index (χ0v) is 21.9. The second kappa shape index (κ2) is 9.87. The van der Waals surface area contributed by atoms with E-state index in [1.807, 2.05) is 0 Å². The van der Waals surface area contributed by atoms with E-state index in [9.17, 15) is 0 Å². The van der Waals surface area contributed by atoms with Crippen LogP contribution in [0.1, 0.15) is 49.7 Å². The number of fused-ring (bicyclic) bond motifs is 3. The molecule has 0 amide bonds. The molecule has 2 heterocycles. The third-order valence-corrected chi connectivity index (χ3v) is 7.60. The van der Waals surface area contributed by atoms with E-state index < -0.39 is 0 Å². The summed E-state index contributed by atoms with van der Waals surface area (Å²) in [6.07, 6.45) is 1.99. The molecule has 37 heavy (non-hydrogen) atoms. The molecule has 0 unspecified atom stereocenters. The number of para-hydroxylation sites is 1. The van der Waals surface area contributed by atoms with Crippen LogP contribution in [-0.2, 0) is 13.0 Å². The fraction of sp³-hybridized carbons (Fsp3) is 0.242. The molecule has 1 aromatic heterocycles. The fourth-order valence-corrected chi connectivity index (χ4v) is 5.58. The lowest BCUT2D eigenvalue weighted by Crippen LogP contribution is -2.15. The van der Waals surface area contributed by atoms with Gasteiger partial charge in [0, 0.05) is 29.9 Å². The Hall–Kier alpha value is -3.89. The van der Waals surface area contributed by atoms with Crippen molar-refractivity contribution in [2.45, 2.75) is 40.2 Å². The minimum atomic E-state index is 0.820. The second-order valence-corrected chi connectivity index (χ2v) is 9.84. The number of aromatic nitrogens is 2. The largest absolute Gasteiger partial charge is 0.381 e. The third-order valence-electron chi connectivity index (χ3n) is 7.60. The standard InChI is InChI=1S/C33H34N4/c1-4-21-16-23-10-7-8-12-26(23)27(17-21)24-14-15-29-28(18-24)31(22(5-2)20-35-29)33-36-30-13-9-11-25(19-34-6-3)32(30)37-33/h7-18,34-35H,4-6,19-20H2,1-3H3,(H,36,37). The highest BCUT2D eigenvalue weighted by molar-refractivity contribution is 5.99. The molecule has 0 radical (unpaired) electrons. The molecule has 0 fully saturated rings. The number of hydrogen-bond acceptors (Lipinski definition) is 3. The Kier molecular flexibility index (Phi) is 6.27. The highest BCUT2D eigenvalue weighted by Gasteiger charge is 2.23. The Balaban J connectivity index is 1.53. The molecule has 4 aromatic carbocycles. The van der Waals surface area contributed by atoms with Gasteiger partial charge >= 0.3 is 0 Å². The lowest BCUT2D eigenvalue weighted by Gasteiger charge is -2.24. The van der Waals surface area contributed by atoms with E-state index in [0.717, 1.165) is 49.3 Å². The molecule has 0 bridgehead atoms. The van der Waals surface area contributed by atoms with Gasteiger partial charge in [0.25, 0.3) is 0 Å². The Morgan fingerprint density at radius 3 is 2.59 bits per heavy atom. The number of aromatic amines is 1. The van der Waals surface area contributed by atoms with Crippen molar-refractivity contribution in [1.82, 2.24) is 15.3 Å². The van der Waals surface area contributed by atoms with Gasteiger partial charge < -0.3 is 15.6 Å². The summed E-state index contributed by atoms with van der Waals surface area (Å²) in [7, 11) is 0. The predicted molar refractivity (Wildman–Crippen MR) is 157 cm³/mol. The van der Waals surface area contributed by atoms with Crippen LogP contribution in [0.2, 0.25) is 0 Å². The first kappa shape index (κ1) is 23.5. The maximum Gasteiger partial charge on any atom is 0.139 e. The SMILES string of the molecule is CCNCc1cccc2[nH]c(C3=C(CC)CNc4ccc(-c5cc(CC)cc6ccccc56)cc43)nc12. The van der Waals surface area contributed by atoms with Gasteiger partial charge in [-0.1, -0.05) is 75.4 Å². The highest BCUT2D eigenvalue weighted by Crippen LogP contribution is 2.40. The van der Waals surface area contributed by atoms with Crippen molar-refractivity contribution in [2.24, 2.45) is 0 Å². The number of H-pyrrole nitrogens is 1. The van der Waals surface area contributed by atoms with Gasteiger partial charge in [0.1, 0.15) is 5.82 Å². The zero-order chi connectivity index (χ0) is 25.4. The molecule has 1 aliphatic heterocycles. The van der Waals surface area contributed by atoms with Crippen molar-refractivity contribution >= 4 is 33.1 Å². The summed E-state index contributed by atoms with van der Waals surface area (Å²) < 4.78 is 0. The minimum Gasteiger partial charge on any atom is -0.381 e. The van der Waals surface area contributed by atoms with Gasteiger partial charge in [0.15, 0.2) is 0 Å². The van der Waals surface area contributed by atoms with Crippen LogP contribution in [0.15, 0.2) is 78.4 Å². The van der Waals surface area contributed by atoms with Gasteiger partial charge in [-0.2, -0.15) is 0 Å². The average molecular weight is 487 g/mol. The molecule has 0 saturated heterocycles. The quantitative estimate of drug-likeness (QED) is 0.221. The van der Waals surface area contributed by atoms with Gasteiger partial charge in [0.05, 0.1) is 11.0 Å². The number of rotatable bonds is 7. The predicted octanol–water partition coefficient (Wildman–Crippen LogP) is 7.69. The van der Waals surface area contributed by atoms with Crippen LogP contribution in [0.25, 0.3) is 38.5 Å². The molecule has 1 aliphatic rings. The summed E-state index contributed by atoms with van der Waals surface area (Å²) in [5, 5.41) is 9.71. The molecule has 0 spiro atoms. The lowest BCUT2D eigenvalue weighted by atomic mass is 9.88. The van der Waals surface area contributed by atoms with Crippen molar-refractivity contribution in [3.05, 3.63) is 101 Å². The summed E-state index contributed by atoms with van der Waals surface area (Å²) in [5.74, 6) is 0.961. The van der Waals surface area contributed by atoms with Gasteiger partial charge in [-0.25, -0.2) is 4.98 Å². The number of nitrogens with one attached hydrogen (secondary N) is 3. The molecule has 3 N–H and O–H groups in total. The van der Waals surface area contributed by atoms with Gasteiger partial charge in [-0.15, -0.1) is 0 Å². The average Bonchev–Trinajstić information content (AvgIpc) is 3.39. The first-order chi connectivity index (χ1) is 18.2. The zero-order valence-electron chi connectivity index (χ0n) is 21.9. The number of nitrogens with zero attached hydrogens (tertiary/aromatic N) is 1. The van der Waals surface area contributed by atoms with E-state index >= 15 is 0 Å². The van der Waals surface area contributed by atoms with Crippen LogP contribution in [0, 0.1) is 0 Å². The molecule has 0 atom stereocenters. The maximum absolute atomic E-state index is 5.18. The molecule has 0 aliphatic carbocycles. The van der Waals surface area contributed by atoms with E-state index in [4.69, 9.17) is 4.98 Å². The summed E-state index contributed by atoms with van der Waals surface area (Å²) in [5.41, 5.74) is 12.3. The van der Waals surface area contributed by atoms with E-state index in [1.54, 1.807) is 0 Å². The molecule has 186 valence electrons. The van der Waals surface area contributed by atoms with E-state index in [0.29, 0.717) is 0 Å². The number of aryl methyl sites for hydroxylation is 1. The normalized spacial score (nSPS) is 13.3. The number of benzene rings is 4. The first-order valence-electron chi connectivity index (χ1n) is 13.5.